The number of methoxy groups -OCH3 is 1. The van der Waals surface area contributed by atoms with Gasteiger partial charge in [0.2, 0.25) is 5.91 Å². The van der Waals surface area contributed by atoms with Gasteiger partial charge in [0, 0.05) is 32.8 Å². The molecule has 1 unspecified atom stereocenters. The topological polar surface area (TPSA) is 117 Å². The maximum atomic E-state index is 13.5. The van der Waals surface area contributed by atoms with Crippen molar-refractivity contribution in [3.05, 3.63) is 118 Å². The number of anilines is 2. The zero-order valence-electron chi connectivity index (χ0n) is 23.8. The second-order valence-corrected chi connectivity index (χ2v) is 11.5. The Kier molecular flexibility index (Phi) is 11.3. The van der Waals surface area contributed by atoms with Crippen molar-refractivity contribution < 1.29 is 24.2 Å². The van der Waals surface area contributed by atoms with Crippen molar-refractivity contribution in [2.75, 3.05) is 17.7 Å². The quantitative estimate of drug-likeness (QED) is 0.0980. The van der Waals surface area contributed by atoms with Crippen LogP contribution in [0.25, 0.3) is 6.08 Å². The number of ether oxygens (including phenoxy) is 1. The lowest BCUT2D eigenvalue weighted by Crippen LogP contribution is -2.30. The van der Waals surface area contributed by atoms with E-state index in [2.05, 4.69) is 16.0 Å². The van der Waals surface area contributed by atoms with E-state index in [4.69, 9.17) is 27.9 Å². The first-order chi connectivity index (χ1) is 21.2. The van der Waals surface area contributed by atoms with Crippen LogP contribution in [0.5, 0.6) is 11.5 Å². The fourth-order valence-corrected chi connectivity index (χ4v) is 5.52. The van der Waals surface area contributed by atoms with E-state index in [1.165, 1.54) is 37.1 Å². The van der Waals surface area contributed by atoms with E-state index >= 15 is 0 Å². The Morgan fingerprint density at radius 2 is 1.70 bits per heavy atom. The van der Waals surface area contributed by atoms with Gasteiger partial charge in [0.1, 0.15) is 17.2 Å². The van der Waals surface area contributed by atoms with Crippen molar-refractivity contribution in [1.29, 1.82) is 0 Å². The van der Waals surface area contributed by atoms with E-state index < -0.39 is 17.1 Å². The molecular formula is C33H29Cl2N3O5S. The van der Waals surface area contributed by atoms with Crippen LogP contribution < -0.4 is 20.7 Å². The molecule has 0 spiro atoms. The molecule has 44 heavy (non-hydrogen) atoms. The van der Waals surface area contributed by atoms with Crippen LogP contribution in [0.2, 0.25) is 10.0 Å². The number of carbonyl (C=O) groups is 3. The van der Waals surface area contributed by atoms with Gasteiger partial charge in [-0.15, -0.1) is 11.8 Å². The zero-order valence-corrected chi connectivity index (χ0v) is 26.1. The van der Waals surface area contributed by atoms with E-state index in [-0.39, 0.29) is 17.4 Å². The van der Waals surface area contributed by atoms with Gasteiger partial charge in [0.15, 0.2) is 0 Å². The van der Waals surface area contributed by atoms with Crippen LogP contribution in [0.3, 0.4) is 0 Å². The first kappa shape index (κ1) is 32.5. The Labute approximate surface area is 269 Å². The lowest BCUT2D eigenvalue weighted by Gasteiger charge is -2.16. The predicted octanol–water partition coefficient (Wildman–Crippen LogP) is 7.63. The molecule has 0 aliphatic rings. The maximum Gasteiger partial charge on any atom is 0.272 e. The highest BCUT2D eigenvalue weighted by Crippen LogP contribution is 2.31. The fraction of sp³-hybridized carbons (Fsp3) is 0.121. The Hall–Kier alpha value is -4.44. The molecule has 0 saturated heterocycles. The molecule has 1 atom stereocenters. The molecule has 0 saturated carbocycles. The number of nitrogens with one attached hydrogen (secondary N) is 3. The molecule has 11 heteroatoms. The summed E-state index contributed by atoms with van der Waals surface area (Å²) in [6.45, 7) is 1.90. The van der Waals surface area contributed by atoms with Crippen molar-refractivity contribution in [1.82, 2.24) is 5.32 Å². The number of hydrogen-bond donors (Lipinski definition) is 4. The molecule has 0 aromatic heterocycles. The number of thioether (sulfide) groups is 1. The first-order valence-electron chi connectivity index (χ1n) is 13.5. The molecule has 3 amide bonds. The monoisotopic (exact) mass is 649 g/mol. The van der Waals surface area contributed by atoms with Crippen molar-refractivity contribution in [2.45, 2.75) is 23.5 Å². The minimum Gasteiger partial charge on any atom is -0.508 e. The van der Waals surface area contributed by atoms with Crippen molar-refractivity contribution in [3.63, 3.8) is 0 Å². The fourth-order valence-electron chi connectivity index (χ4n) is 4.05. The summed E-state index contributed by atoms with van der Waals surface area (Å²) in [6.07, 6.45) is 2.00. The molecule has 0 heterocycles. The second kappa shape index (κ2) is 15.3. The van der Waals surface area contributed by atoms with Crippen LogP contribution in [0, 0.1) is 0 Å². The number of benzene rings is 4. The van der Waals surface area contributed by atoms with Gasteiger partial charge in [-0.1, -0.05) is 54.4 Å². The number of phenols is 1. The van der Waals surface area contributed by atoms with E-state index in [1.807, 2.05) is 13.0 Å². The standard InChI is InChI=1S/C33H29Cl2N3O5S/c1-3-30(33(42)37-27-15-13-22(34)17-26(27)35)44-25-11-7-10-23(18-25)36-32(41)28(38-31(40)20-8-5-4-6-9-20)16-21-12-14-24(39)19-29(21)43-2/h4-19,30,39H,3H2,1-2H3,(H,36,41)(H,37,42)(H,38,40)/b28-16+. The Balaban J connectivity index is 1.54. The third kappa shape index (κ3) is 8.79. The Bertz CT molecular complexity index is 1700. The summed E-state index contributed by atoms with van der Waals surface area (Å²) in [6, 6.07) is 24.8. The average molecular weight is 651 g/mol. The number of aromatic hydroxyl groups is 1. The molecule has 0 aliphatic carbocycles. The summed E-state index contributed by atoms with van der Waals surface area (Å²) in [5, 5.41) is 18.6. The summed E-state index contributed by atoms with van der Waals surface area (Å²) >= 11 is 13.5. The van der Waals surface area contributed by atoms with Gasteiger partial charge in [0.25, 0.3) is 11.8 Å². The van der Waals surface area contributed by atoms with Crippen molar-refractivity contribution in [3.8, 4) is 11.5 Å². The van der Waals surface area contributed by atoms with Crippen LogP contribution in [0.15, 0.2) is 102 Å². The van der Waals surface area contributed by atoms with E-state index in [0.717, 1.165) is 4.90 Å². The summed E-state index contributed by atoms with van der Waals surface area (Å²) in [5.74, 6) is -0.998. The van der Waals surface area contributed by atoms with Crippen molar-refractivity contribution >= 4 is 70.1 Å². The van der Waals surface area contributed by atoms with E-state index in [9.17, 15) is 19.5 Å². The van der Waals surface area contributed by atoms with Gasteiger partial charge in [-0.2, -0.15) is 0 Å². The largest absolute Gasteiger partial charge is 0.508 e. The van der Waals surface area contributed by atoms with Gasteiger partial charge in [0.05, 0.1) is 23.1 Å². The maximum absolute atomic E-state index is 13.5. The number of halogens is 2. The van der Waals surface area contributed by atoms with Gasteiger partial charge >= 0.3 is 0 Å². The average Bonchev–Trinajstić information content (AvgIpc) is 3.02. The summed E-state index contributed by atoms with van der Waals surface area (Å²) in [7, 11) is 1.44. The number of hydrogen-bond acceptors (Lipinski definition) is 6. The number of amides is 3. The second-order valence-electron chi connectivity index (χ2n) is 9.41. The molecule has 4 aromatic rings. The third-order valence-corrected chi connectivity index (χ3v) is 8.17. The van der Waals surface area contributed by atoms with E-state index in [0.29, 0.717) is 44.7 Å². The third-order valence-electron chi connectivity index (χ3n) is 6.27. The SMILES string of the molecule is CCC(Sc1cccc(NC(=O)/C(=C\c2ccc(O)cc2OC)NC(=O)c2ccccc2)c1)C(=O)Nc1ccc(Cl)cc1Cl. The number of rotatable bonds is 11. The molecule has 4 N–H and O–H groups in total. The van der Waals surface area contributed by atoms with Gasteiger partial charge in [-0.25, -0.2) is 0 Å². The molecule has 4 aromatic carbocycles. The van der Waals surface area contributed by atoms with Crippen molar-refractivity contribution in [2.24, 2.45) is 0 Å². The zero-order chi connectivity index (χ0) is 31.6. The van der Waals surface area contributed by atoms with E-state index in [1.54, 1.807) is 72.8 Å². The molecule has 0 aliphatic heterocycles. The molecule has 0 radical (unpaired) electrons. The summed E-state index contributed by atoms with van der Waals surface area (Å²) < 4.78 is 5.35. The lowest BCUT2D eigenvalue weighted by molar-refractivity contribution is -0.116. The molecular weight excluding hydrogens is 621 g/mol. The molecule has 8 nitrogen and oxygen atoms in total. The Morgan fingerprint density at radius 1 is 0.932 bits per heavy atom. The van der Waals surface area contributed by atoms with Crippen LogP contribution in [-0.4, -0.2) is 35.2 Å². The van der Waals surface area contributed by atoms with Gasteiger partial charge in [-0.3, -0.25) is 14.4 Å². The molecule has 0 bridgehead atoms. The molecule has 226 valence electrons. The predicted molar refractivity (Wildman–Crippen MR) is 177 cm³/mol. The van der Waals surface area contributed by atoms with Crippen LogP contribution in [0.1, 0.15) is 29.3 Å². The highest BCUT2D eigenvalue weighted by Gasteiger charge is 2.20. The number of phenolic OH excluding ortho intramolecular Hbond substituents is 1. The van der Waals surface area contributed by atoms with Gasteiger partial charge < -0.3 is 25.8 Å². The van der Waals surface area contributed by atoms with Gasteiger partial charge in [-0.05, 0) is 73.2 Å². The number of carbonyl (C=O) groups excluding carboxylic acids is 3. The summed E-state index contributed by atoms with van der Waals surface area (Å²) in [4.78, 5) is 40.3. The normalized spacial score (nSPS) is 11.8. The van der Waals surface area contributed by atoms with Crippen LogP contribution in [0.4, 0.5) is 11.4 Å². The highest BCUT2D eigenvalue weighted by molar-refractivity contribution is 8.00. The van der Waals surface area contributed by atoms with Crippen LogP contribution >= 0.6 is 35.0 Å². The smallest absolute Gasteiger partial charge is 0.272 e. The minimum atomic E-state index is -0.589. The van der Waals surface area contributed by atoms with Crippen LogP contribution in [-0.2, 0) is 9.59 Å². The minimum absolute atomic E-state index is 0.0111. The lowest BCUT2D eigenvalue weighted by atomic mass is 10.1. The highest BCUT2D eigenvalue weighted by atomic mass is 35.5. The Morgan fingerprint density at radius 3 is 2.41 bits per heavy atom. The first-order valence-corrected chi connectivity index (χ1v) is 15.1. The molecule has 4 rings (SSSR count). The summed E-state index contributed by atoms with van der Waals surface area (Å²) in [5.41, 5.74) is 1.69. The molecule has 0 fully saturated rings.